The molecular formula is C18H20N2O4. The number of anilines is 2. The minimum Gasteiger partial charge on any atom is -0.495 e. The molecule has 0 spiro atoms. The predicted molar refractivity (Wildman–Crippen MR) is 92.2 cm³/mol. The van der Waals surface area contributed by atoms with Crippen LogP contribution < -0.4 is 24.8 Å². The fourth-order valence-electron chi connectivity index (χ4n) is 2.43. The van der Waals surface area contributed by atoms with Gasteiger partial charge in [-0.3, -0.25) is 4.79 Å². The molecule has 0 saturated carbocycles. The molecule has 1 heterocycles. The Hall–Kier alpha value is -2.89. The van der Waals surface area contributed by atoms with Crippen LogP contribution in [0.3, 0.4) is 0 Å². The van der Waals surface area contributed by atoms with Gasteiger partial charge in [0, 0.05) is 24.7 Å². The Morgan fingerprint density at radius 1 is 1.12 bits per heavy atom. The molecule has 3 rings (SSSR count). The largest absolute Gasteiger partial charge is 0.495 e. The Morgan fingerprint density at radius 3 is 2.75 bits per heavy atom. The zero-order chi connectivity index (χ0) is 16.8. The first kappa shape index (κ1) is 16.0. The summed E-state index contributed by atoms with van der Waals surface area (Å²) in [4.78, 5) is 12.1. The molecule has 2 aromatic carbocycles. The second-order valence-electron chi connectivity index (χ2n) is 5.28. The molecule has 0 bridgehead atoms. The number of rotatable bonds is 6. The van der Waals surface area contributed by atoms with Crippen LogP contribution >= 0.6 is 0 Å². The molecular weight excluding hydrogens is 308 g/mol. The third kappa shape index (κ3) is 3.90. The molecule has 0 fully saturated rings. The quantitative estimate of drug-likeness (QED) is 0.853. The Labute approximate surface area is 140 Å². The lowest BCUT2D eigenvalue weighted by Gasteiger charge is -2.19. The molecule has 0 saturated heterocycles. The van der Waals surface area contributed by atoms with Crippen LogP contribution in [-0.4, -0.2) is 32.8 Å². The summed E-state index contributed by atoms with van der Waals surface area (Å²) in [5.74, 6) is 2.04. The van der Waals surface area contributed by atoms with Crippen molar-refractivity contribution in [3.63, 3.8) is 0 Å². The SMILES string of the molecule is COc1ccccc1NC(=O)CCNc1ccc2c(c1)OCCO2. The van der Waals surface area contributed by atoms with E-state index in [4.69, 9.17) is 14.2 Å². The fraction of sp³-hybridized carbons (Fsp3) is 0.278. The van der Waals surface area contributed by atoms with E-state index in [-0.39, 0.29) is 5.91 Å². The van der Waals surface area contributed by atoms with Gasteiger partial charge in [0.05, 0.1) is 12.8 Å². The molecule has 1 aliphatic rings. The van der Waals surface area contributed by atoms with Crippen LogP contribution in [0.15, 0.2) is 42.5 Å². The van der Waals surface area contributed by atoms with Crippen molar-refractivity contribution >= 4 is 17.3 Å². The van der Waals surface area contributed by atoms with E-state index in [1.54, 1.807) is 7.11 Å². The third-order valence-electron chi connectivity index (χ3n) is 3.60. The van der Waals surface area contributed by atoms with Crippen molar-refractivity contribution in [1.29, 1.82) is 0 Å². The van der Waals surface area contributed by atoms with E-state index in [0.29, 0.717) is 37.6 Å². The van der Waals surface area contributed by atoms with Gasteiger partial charge in [-0.05, 0) is 24.3 Å². The molecule has 6 heteroatoms. The van der Waals surface area contributed by atoms with Crippen LogP contribution in [0.25, 0.3) is 0 Å². The van der Waals surface area contributed by atoms with Crippen molar-refractivity contribution in [2.24, 2.45) is 0 Å². The molecule has 1 amide bonds. The standard InChI is InChI=1S/C18H20N2O4/c1-22-15-5-3-2-4-14(15)20-18(21)8-9-19-13-6-7-16-17(12-13)24-11-10-23-16/h2-7,12,19H,8-11H2,1H3,(H,20,21). The minimum atomic E-state index is -0.0791. The van der Waals surface area contributed by atoms with Crippen LogP contribution in [0.4, 0.5) is 11.4 Å². The maximum atomic E-state index is 12.1. The number of carbonyl (C=O) groups is 1. The Morgan fingerprint density at radius 2 is 1.92 bits per heavy atom. The Bertz CT molecular complexity index is 718. The van der Waals surface area contributed by atoms with Crippen LogP contribution in [0, 0.1) is 0 Å². The number of hydrogen-bond donors (Lipinski definition) is 2. The summed E-state index contributed by atoms with van der Waals surface area (Å²) in [5, 5.41) is 6.06. The molecule has 6 nitrogen and oxygen atoms in total. The molecule has 0 aromatic heterocycles. The molecule has 24 heavy (non-hydrogen) atoms. The van der Waals surface area contributed by atoms with Crippen LogP contribution in [0.2, 0.25) is 0 Å². The van der Waals surface area contributed by atoms with Gasteiger partial charge in [-0.15, -0.1) is 0 Å². The Kier molecular flexibility index (Phi) is 5.05. The number of nitrogens with one attached hydrogen (secondary N) is 2. The topological polar surface area (TPSA) is 68.8 Å². The van der Waals surface area contributed by atoms with E-state index in [1.807, 2.05) is 42.5 Å². The number of benzene rings is 2. The van der Waals surface area contributed by atoms with Gasteiger partial charge < -0.3 is 24.8 Å². The summed E-state index contributed by atoms with van der Waals surface area (Å²) < 4.78 is 16.2. The Balaban J connectivity index is 1.50. The summed E-state index contributed by atoms with van der Waals surface area (Å²) in [5.41, 5.74) is 1.56. The van der Waals surface area contributed by atoms with Crippen LogP contribution in [-0.2, 0) is 4.79 Å². The average molecular weight is 328 g/mol. The van der Waals surface area contributed by atoms with Gasteiger partial charge in [0.2, 0.25) is 5.91 Å². The predicted octanol–water partition coefficient (Wildman–Crippen LogP) is 2.91. The van der Waals surface area contributed by atoms with Gasteiger partial charge in [0.1, 0.15) is 19.0 Å². The average Bonchev–Trinajstić information content (AvgIpc) is 2.62. The van der Waals surface area contributed by atoms with Crippen molar-refractivity contribution in [2.75, 3.05) is 37.5 Å². The van der Waals surface area contributed by atoms with Gasteiger partial charge in [-0.1, -0.05) is 12.1 Å². The summed E-state index contributed by atoms with van der Waals surface area (Å²) >= 11 is 0. The number of ether oxygens (including phenoxy) is 3. The van der Waals surface area contributed by atoms with E-state index < -0.39 is 0 Å². The van der Waals surface area contributed by atoms with Gasteiger partial charge >= 0.3 is 0 Å². The minimum absolute atomic E-state index is 0.0791. The monoisotopic (exact) mass is 328 g/mol. The lowest BCUT2D eigenvalue weighted by molar-refractivity contribution is -0.116. The van der Waals surface area contributed by atoms with Crippen molar-refractivity contribution in [2.45, 2.75) is 6.42 Å². The molecule has 2 N–H and O–H groups in total. The second kappa shape index (κ2) is 7.59. The van der Waals surface area contributed by atoms with E-state index in [0.717, 1.165) is 17.2 Å². The molecule has 126 valence electrons. The van der Waals surface area contributed by atoms with Gasteiger partial charge in [0.25, 0.3) is 0 Å². The molecule has 1 aliphatic heterocycles. The third-order valence-corrected chi connectivity index (χ3v) is 3.60. The summed E-state index contributed by atoms with van der Waals surface area (Å²) in [6.07, 6.45) is 0.340. The molecule has 0 radical (unpaired) electrons. The zero-order valence-corrected chi connectivity index (χ0v) is 13.5. The van der Waals surface area contributed by atoms with Gasteiger partial charge in [-0.25, -0.2) is 0 Å². The number of methoxy groups -OCH3 is 1. The number of carbonyl (C=O) groups excluding carboxylic acids is 1. The first-order valence-electron chi connectivity index (χ1n) is 7.82. The number of amides is 1. The maximum absolute atomic E-state index is 12.1. The summed E-state index contributed by atoms with van der Waals surface area (Å²) in [7, 11) is 1.58. The highest BCUT2D eigenvalue weighted by Crippen LogP contribution is 2.32. The highest BCUT2D eigenvalue weighted by molar-refractivity contribution is 5.92. The number of fused-ring (bicyclic) bond motifs is 1. The normalized spacial score (nSPS) is 12.4. The molecule has 0 unspecified atom stereocenters. The smallest absolute Gasteiger partial charge is 0.226 e. The zero-order valence-electron chi connectivity index (χ0n) is 13.5. The van der Waals surface area contributed by atoms with Gasteiger partial charge in [0.15, 0.2) is 11.5 Å². The first-order valence-corrected chi connectivity index (χ1v) is 7.82. The summed E-state index contributed by atoms with van der Waals surface area (Å²) in [6.45, 7) is 1.64. The lowest BCUT2D eigenvalue weighted by Crippen LogP contribution is -2.17. The van der Waals surface area contributed by atoms with E-state index in [9.17, 15) is 4.79 Å². The van der Waals surface area contributed by atoms with E-state index in [2.05, 4.69) is 10.6 Å². The summed E-state index contributed by atoms with van der Waals surface area (Å²) in [6, 6.07) is 13.0. The molecule has 2 aromatic rings. The van der Waals surface area contributed by atoms with Crippen molar-refractivity contribution in [3.8, 4) is 17.2 Å². The van der Waals surface area contributed by atoms with Gasteiger partial charge in [-0.2, -0.15) is 0 Å². The van der Waals surface area contributed by atoms with Crippen LogP contribution in [0.5, 0.6) is 17.2 Å². The maximum Gasteiger partial charge on any atom is 0.226 e. The van der Waals surface area contributed by atoms with Crippen molar-refractivity contribution < 1.29 is 19.0 Å². The molecule has 0 aliphatic carbocycles. The number of para-hydroxylation sites is 2. The van der Waals surface area contributed by atoms with Crippen molar-refractivity contribution in [3.05, 3.63) is 42.5 Å². The highest BCUT2D eigenvalue weighted by Gasteiger charge is 2.12. The fourth-order valence-corrected chi connectivity index (χ4v) is 2.43. The first-order chi connectivity index (χ1) is 11.8. The highest BCUT2D eigenvalue weighted by atomic mass is 16.6. The number of hydrogen-bond acceptors (Lipinski definition) is 5. The van der Waals surface area contributed by atoms with Crippen molar-refractivity contribution in [1.82, 2.24) is 0 Å². The molecule has 0 atom stereocenters. The lowest BCUT2D eigenvalue weighted by atomic mass is 10.2. The van der Waals surface area contributed by atoms with Crippen LogP contribution in [0.1, 0.15) is 6.42 Å². The van der Waals surface area contributed by atoms with E-state index >= 15 is 0 Å². The second-order valence-corrected chi connectivity index (χ2v) is 5.28. The van der Waals surface area contributed by atoms with E-state index in [1.165, 1.54) is 0 Å².